The summed E-state index contributed by atoms with van der Waals surface area (Å²) in [6.45, 7) is 0. The van der Waals surface area contributed by atoms with Crippen molar-refractivity contribution in [1.82, 2.24) is 24.5 Å². The van der Waals surface area contributed by atoms with Gasteiger partial charge < -0.3 is 8.83 Å². The van der Waals surface area contributed by atoms with Crippen molar-refractivity contribution in [3.8, 4) is 62.4 Å². The van der Waals surface area contributed by atoms with Crippen LogP contribution in [0.2, 0.25) is 0 Å². The minimum absolute atomic E-state index is 0.473. The van der Waals surface area contributed by atoms with Gasteiger partial charge in [0.1, 0.15) is 16.7 Å². The number of hydrogen-bond acceptors (Lipinski definition) is 6. The molecule has 7 heteroatoms. The van der Waals surface area contributed by atoms with Gasteiger partial charge in [0.25, 0.3) is 0 Å². The summed E-state index contributed by atoms with van der Waals surface area (Å²) in [5.74, 6) is 2.02. The second kappa shape index (κ2) is 13.2. The lowest BCUT2D eigenvalue weighted by atomic mass is 9.99. The molecule has 0 fully saturated rings. The van der Waals surface area contributed by atoms with Crippen LogP contribution < -0.4 is 0 Å². The molecule has 0 saturated heterocycles. The summed E-state index contributed by atoms with van der Waals surface area (Å²) in [6.07, 6.45) is 0. The fourth-order valence-corrected chi connectivity index (χ4v) is 8.44. The highest BCUT2D eigenvalue weighted by Gasteiger charge is 2.22. The number of para-hydroxylation sites is 4. The largest absolute Gasteiger partial charge is 0.455 e. The van der Waals surface area contributed by atoms with E-state index in [9.17, 15) is 0 Å². The van der Waals surface area contributed by atoms with E-state index >= 15 is 0 Å². The van der Waals surface area contributed by atoms with Crippen LogP contribution in [0.5, 0.6) is 0 Å². The van der Waals surface area contributed by atoms with Crippen molar-refractivity contribution < 1.29 is 8.83 Å². The van der Waals surface area contributed by atoms with Gasteiger partial charge in [-0.1, -0.05) is 140 Å². The number of fused-ring (bicyclic) bond motifs is 7. The minimum atomic E-state index is 0.473. The van der Waals surface area contributed by atoms with Gasteiger partial charge in [-0.3, -0.25) is 4.57 Å². The third-order valence-electron chi connectivity index (χ3n) is 11.1. The van der Waals surface area contributed by atoms with Crippen molar-refractivity contribution in [2.45, 2.75) is 0 Å². The first-order valence-electron chi connectivity index (χ1n) is 19.6. The summed E-state index contributed by atoms with van der Waals surface area (Å²) in [4.78, 5) is 20.7. The van der Waals surface area contributed by atoms with E-state index in [0.29, 0.717) is 29.1 Å². The maximum Gasteiger partial charge on any atom is 0.238 e. The van der Waals surface area contributed by atoms with Crippen molar-refractivity contribution in [2.75, 3.05) is 0 Å². The van der Waals surface area contributed by atoms with Crippen LogP contribution in [-0.2, 0) is 0 Å². The summed E-state index contributed by atoms with van der Waals surface area (Å²) in [7, 11) is 0. The molecule has 4 heterocycles. The van der Waals surface area contributed by atoms with Gasteiger partial charge in [0.05, 0.1) is 16.6 Å². The molecule has 8 aromatic carbocycles. The van der Waals surface area contributed by atoms with Crippen LogP contribution in [0.15, 0.2) is 197 Å². The molecule has 12 rings (SSSR count). The zero-order chi connectivity index (χ0) is 38.9. The van der Waals surface area contributed by atoms with Gasteiger partial charge in [-0.2, -0.15) is 9.97 Å². The molecule has 4 aromatic heterocycles. The lowest BCUT2D eigenvalue weighted by Gasteiger charge is -2.12. The molecule has 0 saturated carbocycles. The SMILES string of the molecule is c1ccc(-c2nc3cccc(-c4nc(-c5cccc(-c6cccc7c6oc6ccccc67)c5)nc(-n5c6ccccc6c6c(-c7ccccc7)cccc65)n4)c3o2)cc1. The molecule has 0 spiro atoms. The first-order chi connectivity index (χ1) is 29.2. The molecule has 0 atom stereocenters. The second-order valence-corrected chi connectivity index (χ2v) is 14.6. The first-order valence-corrected chi connectivity index (χ1v) is 19.6. The van der Waals surface area contributed by atoms with Gasteiger partial charge in [0, 0.05) is 38.2 Å². The fraction of sp³-hybridized carbons (Fsp3) is 0. The Morgan fingerprint density at radius 3 is 1.88 bits per heavy atom. The summed E-state index contributed by atoms with van der Waals surface area (Å²) in [5, 5.41) is 4.40. The smallest absolute Gasteiger partial charge is 0.238 e. The second-order valence-electron chi connectivity index (χ2n) is 14.6. The van der Waals surface area contributed by atoms with Crippen LogP contribution in [0.4, 0.5) is 0 Å². The molecule has 59 heavy (non-hydrogen) atoms. The van der Waals surface area contributed by atoms with Gasteiger partial charge in [0.2, 0.25) is 11.8 Å². The number of benzene rings is 8. The predicted molar refractivity (Wildman–Crippen MR) is 236 cm³/mol. The quantitative estimate of drug-likeness (QED) is 0.168. The number of rotatable bonds is 6. The van der Waals surface area contributed by atoms with E-state index in [2.05, 4.69) is 108 Å². The normalized spacial score (nSPS) is 11.7. The number of aromatic nitrogens is 5. The highest BCUT2D eigenvalue weighted by atomic mass is 16.3. The zero-order valence-corrected chi connectivity index (χ0v) is 31.5. The molecule has 0 N–H and O–H groups in total. The Labute approximate surface area is 337 Å². The highest BCUT2D eigenvalue weighted by molar-refractivity contribution is 6.15. The molecule has 0 amide bonds. The van der Waals surface area contributed by atoms with Crippen LogP contribution in [0, 0.1) is 0 Å². The summed E-state index contributed by atoms with van der Waals surface area (Å²) in [5.41, 5.74) is 11.7. The van der Waals surface area contributed by atoms with Crippen molar-refractivity contribution in [1.29, 1.82) is 0 Å². The maximum atomic E-state index is 6.54. The van der Waals surface area contributed by atoms with E-state index in [4.69, 9.17) is 28.8 Å². The van der Waals surface area contributed by atoms with Gasteiger partial charge in [0.15, 0.2) is 17.2 Å². The average molecular weight is 758 g/mol. The highest BCUT2D eigenvalue weighted by Crippen LogP contribution is 2.40. The lowest BCUT2D eigenvalue weighted by molar-refractivity contribution is 0.620. The van der Waals surface area contributed by atoms with Crippen molar-refractivity contribution in [3.05, 3.63) is 188 Å². The Hall–Kier alpha value is -8.16. The summed E-state index contributed by atoms with van der Waals surface area (Å²) >= 11 is 0. The zero-order valence-electron chi connectivity index (χ0n) is 31.5. The summed E-state index contributed by atoms with van der Waals surface area (Å²) in [6, 6.07) is 64.0. The Morgan fingerprint density at radius 2 is 1.00 bits per heavy atom. The van der Waals surface area contributed by atoms with E-state index in [1.54, 1.807) is 0 Å². The predicted octanol–water partition coefficient (Wildman–Crippen LogP) is 13.3. The number of hydrogen-bond donors (Lipinski definition) is 0. The Kier molecular flexibility index (Phi) is 7.40. The standard InChI is InChI=1S/C52H31N5O2/c1-3-15-32(16-4-1)36-23-14-29-44-46(36)40-22-7-9-28-43(40)57(44)52-55-49(54-50(56-52)41-26-13-27-42-48(41)59-51(53-42)33-17-5-2-6-18-33)35-20-11-19-34(31-35)37-24-12-25-39-38-21-8-10-30-45(38)58-47(37)39/h1-31H. The molecule has 7 nitrogen and oxygen atoms in total. The van der Waals surface area contributed by atoms with Crippen LogP contribution in [-0.4, -0.2) is 24.5 Å². The summed E-state index contributed by atoms with van der Waals surface area (Å²) < 4.78 is 15.2. The van der Waals surface area contributed by atoms with Gasteiger partial charge in [-0.25, -0.2) is 9.97 Å². The molecule has 276 valence electrons. The number of oxazole rings is 1. The van der Waals surface area contributed by atoms with Crippen molar-refractivity contribution in [2.24, 2.45) is 0 Å². The molecule has 0 bridgehead atoms. The molecular weight excluding hydrogens is 727 g/mol. The van der Waals surface area contributed by atoms with E-state index in [0.717, 1.165) is 88.2 Å². The molecule has 0 aliphatic heterocycles. The fourth-order valence-electron chi connectivity index (χ4n) is 8.44. The third-order valence-corrected chi connectivity index (χ3v) is 11.1. The van der Waals surface area contributed by atoms with Gasteiger partial charge in [-0.05, 0) is 65.2 Å². The van der Waals surface area contributed by atoms with Crippen molar-refractivity contribution >= 4 is 54.8 Å². The van der Waals surface area contributed by atoms with Gasteiger partial charge in [-0.15, -0.1) is 0 Å². The van der Waals surface area contributed by atoms with Crippen LogP contribution in [0.1, 0.15) is 0 Å². The molecule has 12 aromatic rings. The maximum absolute atomic E-state index is 6.54. The minimum Gasteiger partial charge on any atom is -0.455 e. The van der Waals surface area contributed by atoms with Crippen LogP contribution in [0.3, 0.4) is 0 Å². The van der Waals surface area contributed by atoms with Crippen molar-refractivity contribution in [3.63, 3.8) is 0 Å². The van der Waals surface area contributed by atoms with E-state index in [1.807, 2.05) is 84.9 Å². The van der Waals surface area contributed by atoms with E-state index in [-0.39, 0.29) is 0 Å². The number of furan rings is 1. The first kappa shape index (κ1) is 33.0. The topological polar surface area (TPSA) is 82.8 Å². The Bertz CT molecular complexity index is 3570. The molecule has 0 radical (unpaired) electrons. The number of nitrogens with zero attached hydrogens (tertiary/aromatic N) is 5. The molecule has 0 unspecified atom stereocenters. The molecular formula is C52H31N5O2. The van der Waals surface area contributed by atoms with Gasteiger partial charge >= 0.3 is 0 Å². The van der Waals surface area contributed by atoms with Crippen LogP contribution >= 0.6 is 0 Å². The Balaban J connectivity index is 1.11. The van der Waals surface area contributed by atoms with E-state index in [1.165, 1.54) is 0 Å². The van der Waals surface area contributed by atoms with Crippen LogP contribution in [0.25, 0.3) is 117 Å². The van der Waals surface area contributed by atoms with E-state index < -0.39 is 0 Å². The Morgan fingerprint density at radius 1 is 0.373 bits per heavy atom. The monoisotopic (exact) mass is 757 g/mol. The lowest BCUT2D eigenvalue weighted by Crippen LogP contribution is -2.06. The third kappa shape index (κ3) is 5.36. The molecule has 0 aliphatic rings. The molecule has 0 aliphatic carbocycles. The average Bonchev–Trinajstić information content (AvgIpc) is 4.02.